The molecule has 2 heteroatoms. The number of benzene rings is 8. The number of para-hydroxylation sites is 4. The van der Waals surface area contributed by atoms with E-state index < -0.39 is 0 Å². The molecule has 13 rings (SSSR count). The van der Waals surface area contributed by atoms with E-state index in [-0.39, 0.29) is 12.1 Å². The van der Waals surface area contributed by atoms with Crippen LogP contribution in [0.3, 0.4) is 0 Å². The summed E-state index contributed by atoms with van der Waals surface area (Å²) in [5, 5.41) is 5.36. The Bertz CT molecular complexity index is 3070. The van der Waals surface area contributed by atoms with Crippen LogP contribution < -0.4 is 4.90 Å². The van der Waals surface area contributed by atoms with Gasteiger partial charge in [0.1, 0.15) is 0 Å². The Hall–Kier alpha value is -6.38. The van der Waals surface area contributed by atoms with Gasteiger partial charge < -0.3 is 9.47 Å². The monoisotopic (exact) mass is 646 g/mol. The lowest BCUT2D eigenvalue weighted by molar-refractivity contribution is 0.718. The van der Waals surface area contributed by atoms with Gasteiger partial charge in [0.15, 0.2) is 0 Å². The molecule has 0 radical (unpaired) electrons. The van der Waals surface area contributed by atoms with Crippen molar-refractivity contribution in [2.24, 2.45) is 0 Å². The van der Waals surface area contributed by atoms with E-state index in [1.807, 2.05) is 0 Å². The fraction of sp³-hybridized carbons (Fsp3) is 0.0612. The van der Waals surface area contributed by atoms with E-state index in [0.717, 1.165) is 0 Å². The number of rotatable bonds is 0. The Balaban J connectivity index is 1.17. The number of fused-ring (bicyclic) bond motifs is 21. The summed E-state index contributed by atoms with van der Waals surface area (Å²) in [6.45, 7) is 2.28. The highest BCUT2D eigenvalue weighted by molar-refractivity contribution is 6.21. The third kappa shape index (κ3) is 3.00. The number of anilines is 2. The van der Waals surface area contributed by atoms with Gasteiger partial charge >= 0.3 is 0 Å². The van der Waals surface area contributed by atoms with Gasteiger partial charge in [-0.05, 0) is 73.8 Å². The van der Waals surface area contributed by atoms with Crippen molar-refractivity contribution in [3.63, 3.8) is 0 Å². The van der Waals surface area contributed by atoms with Crippen LogP contribution in [0.2, 0.25) is 0 Å². The minimum atomic E-state index is 0.0785. The number of hydrogen-bond acceptors (Lipinski definition) is 1. The quantitative estimate of drug-likeness (QED) is 0.159. The number of aromatic nitrogens is 1. The SMILES string of the molecule is Cc1cccc2c1N1c3ccccc3-c3ccccc3C1c1ccc3c4c(ccc3c1-2)C1c2ccccc2-c2cccc3c5cccc-4c5n1c23. The minimum Gasteiger partial charge on any atom is -0.328 e. The summed E-state index contributed by atoms with van der Waals surface area (Å²) in [7, 11) is 0. The molecule has 0 spiro atoms. The molecule has 0 N–H and O–H groups in total. The first kappa shape index (κ1) is 26.5. The van der Waals surface area contributed by atoms with Crippen LogP contribution in [0.4, 0.5) is 11.4 Å². The van der Waals surface area contributed by atoms with E-state index in [2.05, 4.69) is 168 Å². The van der Waals surface area contributed by atoms with Crippen molar-refractivity contribution < 1.29 is 0 Å². The van der Waals surface area contributed by atoms with Gasteiger partial charge in [0, 0.05) is 38.7 Å². The van der Waals surface area contributed by atoms with E-state index >= 15 is 0 Å². The maximum absolute atomic E-state index is 2.66. The van der Waals surface area contributed by atoms with Crippen LogP contribution in [0, 0.1) is 6.92 Å². The second-order valence-corrected chi connectivity index (χ2v) is 14.8. The zero-order valence-corrected chi connectivity index (χ0v) is 28.0. The normalized spacial score (nSPS) is 16.7. The van der Waals surface area contributed by atoms with Gasteiger partial charge in [0.25, 0.3) is 0 Å². The molecule has 0 aliphatic carbocycles. The lowest BCUT2D eigenvalue weighted by atomic mass is 9.75. The van der Waals surface area contributed by atoms with Crippen LogP contribution in [0.25, 0.3) is 77.1 Å². The molecular formula is C49H30N2. The van der Waals surface area contributed by atoms with Gasteiger partial charge in [0.2, 0.25) is 0 Å². The summed E-state index contributed by atoms with van der Waals surface area (Å²) in [6.07, 6.45) is 0. The highest BCUT2D eigenvalue weighted by Crippen LogP contribution is 2.61. The van der Waals surface area contributed by atoms with E-state index in [0.29, 0.717) is 0 Å². The molecule has 0 bridgehead atoms. The third-order valence-corrected chi connectivity index (χ3v) is 12.5. The molecule has 0 saturated carbocycles. The number of nitrogens with zero attached hydrogens (tertiary/aromatic N) is 2. The highest BCUT2D eigenvalue weighted by Gasteiger charge is 2.41. The molecule has 0 fully saturated rings. The molecule has 51 heavy (non-hydrogen) atoms. The van der Waals surface area contributed by atoms with Gasteiger partial charge in [0.05, 0.1) is 28.8 Å². The van der Waals surface area contributed by atoms with Crippen molar-refractivity contribution in [1.82, 2.24) is 4.57 Å². The van der Waals surface area contributed by atoms with Gasteiger partial charge in [-0.25, -0.2) is 0 Å². The second-order valence-electron chi connectivity index (χ2n) is 14.8. The van der Waals surface area contributed by atoms with Gasteiger partial charge in [-0.3, -0.25) is 0 Å². The average Bonchev–Trinajstić information content (AvgIpc) is 3.53. The maximum Gasteiger partial charge on any atom is 0.0857 e. The van der Waals surface area contributed by atoms with E-state index in [1.165, 1.54) is 116 Å². The molecule has 4 aliphatic rings. The molecule has 5 heterocycles. The van der Waals surface area contributed by atoms with E-state index in [1.54, 1.807) is 0 Å². The van der Waals surface area contributed by atoms with Crippen LogP contribution in [0.5, 0.6) is 0 Å². The van der Waals surface area contributed by atoms with Crippen LogP contribution >= 0.6 is 0 Å². The van der Waals surface area contributed by atoms with Crippen LogP contribution in [-0.2, 0) is 0 Å². The largest absolute Gasteiger partial charge is 0.328 e. The topological polar surface area (TPSA) is 8.17 Å². The Kier molecular flexibility index (Phi) is 4.69. The van der Waals surface area contributed by atoms with Crippen molar-refractivity contribution in [2.45, 2.75) is 19.0 Å². The Morgan fingerprint density at radius 3 is 1.67 bits per heavy atom. The zero-order chi connectivity index (χ0) is 33.1. The van der Waals surface area contributed by atoms with Crippen molar-refractivity contribution in [2.75, 3.05) is 4.90 Å². The average molecular weight is 647 g/mol. The Morgan fingerprint density at radius 1 is 0.373 bits per heavy atom. The summed E-state index contributed by atoms with van der Waals surface area (Å²) < 4.78 is 2.66. The van der Waals surface area contributed by atoms with Crippen molar-refractivity contribution in [1.29, 1.82) is 0 Å². The predicted octanol–water partition coefficient (Wildman–Crippen LogP) is 12.7. The second kappa shape index (κ2) is 9.04. The van der Waals surface area contributed by atoms with Gasteiger partial charge in [-0.2, -0.15) is 0 Å². The Labute approximate surface area is 295 Å². The fourth-order valence-electron chi connectivity index (χ4n) is 10.7. The molecule has 4 aliphatic heterocycles. The van der Waals surface area contributed by atoms with Crippen LogP contribution in [-0.4, -0.2) is 4.57 Å². The molecule has 2 atom stereocenters. The lowest BCUT2D eigenvalue weighted by Crippen LogP contribution is -2.32. The molecule has 0 amide bonds. The zero-order valence-electron chi connectivity index (χ0n) is 28.0. The maximum atomic E-state index is 2.66. The fourth-order valence-corrected chi connectivity index (χ4v) is 10.7. The van der Waals surface area contributed by atoms with Gasteiger partial charge in [-0.1, -0.05) is 146 Å². The van der Waals surface area contributed by atoms with Crippen molar-refractivity contribution in [3.8, 4) is 44.5 Å². The standard InChI is InChI=1S/C49H30N2/c1-27-11-8-20-38-43-31-24-26-41-44(32(31)23-25-40(43)47-33-15-4-2-12-28(33)30-14-6-7-22-42(30)50(47)45(27)38)39-21-10-19-37-36-18-9-17-35-29-13-3-5-16-34(29)48(41)51(46(35)36)49(37)39/h2-26,47-48H,1H3. The van der Waals surface area contributed by atoms with Crippen molar-refractivity contribution in [3.05, 3.63) is 179 Å². The molecular weight excluding hydrogens is 617 g/mol. The lowest BCUT2D eigenvalue weighted by Gasteiger charge is -2.46. The first-order chi connectivity index (χ1) is 25.3. The molecule has 0 saturated heterocycles. The minimum absolute atomic E-state index is 0.0785. The summed E-state index contributed by atoms with van der Waals surface area (Å²) in [5.41, 5.74) is 22.9. The smallest absolute Gasteiger partial charge is 0.0857 e. The third-order valence-electron chi connectivity index (χ3n) is 12.5. The van der Waals surface area contributed by atoms with Crippen LogP contribution in [0.1, 0.15) is 39.9 Å². The first-order valence-electron chi connectivity index (χ1n) is 18.1. The molecule has 2 nitrogen and oxygen atoms in total. The summed E-state index contributed by atoms with van der Waals surface area (Å²) in [5.74, 6) is 0. The highest BCUT2D eigenvalue weighted by atomic mass is 15.2. The molecule has 9 aromatic rings. The van der Waals surface area contributed by atoms with Crippen LogP contribution in [0.15, 0.2) is 152 Å². The molecule has 236 valence electrons. The predicted molar refractivity (Wildman–Crippen MR) is 211 cm³/mol. The summed E-state index contributed by atoms with van der Waals surface area (Å²) >= 11 is 0. The molecule has 1 aromatic heterocycles. The molecule has 8 aromatic carbocycles. The number of aryl methyl sites for hydroxylation is 1. The Morgan fingerprint density at radius 2 is 0.902 bits per heavy atom. The van der Waals surface area contributed by atoms with Gasteiger partial charge in [-0.15, -0.1) is 0 Å². The van der Waals surface area contributed by atoms with E-state index in [4.69, 9.17) is 0 Å². The van der Waals surface area contributed by atoms with Crippen molar-refractivity contribution >= 4 is 44.0 Å². The summed E-state index contributed by atoms with van der Waals surface area (Å²) in [6, 6.07) is 57.9. The number of hydrogen-bond donors (Lipinski definition) is 0. The summed E-state index contributed by atoms with van der Waals surface area (Å²) in [4.78, 5) is 2.63. The van der Waals surface area contributed by atoms with E-state index in [9.17, 15) is 0 Å². The first-order valence-corrected chi connectivity index (χ1v) is 18.1. The molecule has 2 unspecified atom stereocenters.